The molecule has 110 valence electrons. The summed E-state index contributed by atoms with van der Waals surface area (Å²) in [6, 6.07) is 0. The standard InChI is InChI=1S/C12H22N2O4S/c1-11(10-13-2-6-18-7-3-13)12(15)14-4-8-19(16,17)9-5-14/h11H,2-10H2,1H3. The van der Waals surface area contributed by atoms with Gasteiger partial charge in [0.15, 0.2) is 9.84 Å². The molecule has 0 saturated carbocycles. The molecule has 2 aliphatic heterocycles. The Morgan fingerprint density at radius 2 is 1.74 bits per heavy atom. The van der Waals surface area contributed by atoms with Crippen molar-refractivity contribution >= 4 is 15.7 Å². The summed E-state index contributed by atoms with van der Waals surface area (Å²) in [5.41, 5.74) is 0. The molecule has 0 radical (unpaired) electrons. The minimum Gasteiger partial charge on any atom is -0.379 e. The fourth-order valence-corrected chi connectivity index (χ4v) is 3.69. The first-order chi connectivity index (χ1) is 8.98. The van der Waals surface area contributed by atoms with Gasteiger partial charge < -0.3 is 9.64 Å². The number of nitrogens with zero attached hydrogens (tertiary/aromatic N) is 2. The molecule has 7 heteroatoms. The van der Waals surface area contributed by atoms with E-state index in [1.807, 2.05) is 6.92 Å². The third kappa shape index (κ3) is 4.15. The Balaban J connectivity index is 1.82. The molecule has 1 unspecified atom stereocenters. The van der Waals surface area contributed by atoms with Gasteiger partial charge in [0.2, 0.25) is 5.91 Å². The number of carbonyl (C=O) groups excluding carboxylic acids is 1. The number of amides is 1. The van der Waals surface area contributed by atoms with Gasteiger partial charge in [-0.15, -0.1) is 0 Å². The molecule has 0 aromatic rings. The molecule has 2 saturated heterocycles. The van der Waals surface area contributed by atoms with Crippen molar-refractivity contribution in [1.82, 2.24) is 9.80 Å². The first kappa shape index (κ1) is 14.7. The van der Waals surface area contributed by atoms with Gasteiger partial charge in [0.1, 0.15) is 0 Å². The Morgan fingerprint density at radius 1 is 1.16 bits per heavy atom. The Bertz CT molecular complexity index is 403. The molecule has 0 N–H and O–H groups in total. The van der Waals surface area contributed by atoms with Gasteiger partial charge in [-0.05, 0) is 0 Å². The van der Waals surface area contributed by atoms with Crippen molar-refractivity contribution in [3.05, 3.63) is 0 Å². The van der Waals surface area contributed by atoms with Crippen LogP contribution in [0.25, 0.3) is 0 Å². The molecule has 1 atom stereocenters. The minimum atomic E-state index is -2.92. The smallest absolute Gasteiger partial charge is 0.226 e. The molecule has 0 bridgehead atoms. The summed E-state index contributed by atoms with van der Waals surface area (Å²) in [5.74, 6) is 0.187. The highest BCUT2D eigenvalue weighted by atomic mass is 32.2. The van der Waals surface area contributed by atoms with E-state index in [4.69, 9.17) is 4.74 Å². The highest BCUT2D eigenvalue weighted by Gasteiger charge is 2.28. The number of morpholine rings is 1. The molecule has 2 heterocycles. The molecule has 2 fully saturated rings. The van der Waals surface area contributed by atoms with Crippen LogP contribution in [0, 0.1) is 5.92 Å². The number of hydrogen-bond acceptors (Lipinski definition) is 5. The highest BCUT2D eigenvalue weighted by molar-refractivity contribution is 7.91. The normalized spacial score (nSPS) is 26.1. The molecule has 1 amide bonds. The third-order valence-corrected chi connectivity index (χ3v) is 5.32. The lowest BCUT2D eigenvalue weighted by Crippen LogP contribution is -2.48. The van der Waals surface area contributed by atoms with Crippen LogP contribution in [-0.2, 0) is 19.4 Å². The molecule has 0 aliphatic carbocycles. The van der Waals surface area contributed by atoms with E-state index in [0.29, 0.717) is 13.1 Å². The van der Waals surface area contributed by atoms with Crippen molar-refractivity contribution in [3.8, 4) is 0 Å². The third-order valence-electron chi connectivity index (χ3n) is 3.71. The van der Waals surface area contributed by atoms with Crippen LogP contribution >= 0.6 is 0 Å². The van der Waals surface area contributed by atoms with Crippen LogP contribution < -0.4 is 0 Å². The van der Waals surface area contributed by atoms with E-state index in [0.717, 1.165) is 32.8 Å². The van der Waals surface area contributed by atoms with Gasteiger partial charge in [-0.3, -0.25) is 9.69 Å². The molecular weight excluding hydrogens is 268 g/mol. The summed E-state index contributed by atoms with van der Waals surface area (Å²) in [5, 5.41) is 0. The second-order valence-electron chi connectivity index (χ2n) is 5.29. The zero-order valence-corrected chi connectivity index (χ0v) is 12.2. The monoisotopic (exact) mass is 290 g/mol. The van der Waals surface area contributed by atoms with Gasteiger partial charge in [0, 0.05) is 38.6 Å². The maximum absolute atomic E-state index is 12.3. The van der Waals surface area contributed by atoms with Crippen LogP contribution in [0.5, 0.6) is 0 Å². The summed E-state index contributed by atoms with van der Waals surface area (Å²) >= 11 is 0. The van der Waals surface area contributed by atoms with Gasteiger partial charge >= 0.3 is 0 Å². The zero-order valence-electron chi connectivity index (χ0n) is 11.4. The van der Waals surface area contributed by atoms with Crippen LogP contribution in [0.3, 0.4) is 0 Å². The quantitative estimate of drug-likeness (QED) is 0.681. The topological polar surface area (TPSA) is 66.9 Å². The van der Waals surface area contributed by atoms with Crippen molar-refractivity contribution in [3.63, 3.8) is 0 Å². The van der Waals surface area contributed by atoms with Gasteiger partial charge in [-0.1, -0.05) is 6.92 Å². The summed E-state index contributed by atoms with van der Waals surface area (Å²) < 4.78 is 28.0. The van der Waals surface area contributed by atoms with E-state index in [2.05, 4.69) is 4.90 Å². The van der Waals surface area contributed by atoms with E-state index in [-0.39, 0.29) is 23.3 Å². The molecular formula is C12H22N2O4S. The van der Waals surface area contributed by atoms with Gasteiger partial charge in [-0.2, -0.15) is 0 Å². The first-order valence-corrected chi connectivity index (χ1v) is 8.59. The van der Waals surface area contributed by atoms with Crippen molar-refractivity contribution in [2.75, 3.05) is 57.4 Å². The fourth-order valence-electron chi connectivity index (χ4n) is 2.49. The lowest BCUT2D eigenvalue weighted by Gasteiger charge is -2.32. The fraction of sp³-hybridized carbons (Fsp3) is 0.917. The first-order valence-electron chi connectivity index (χ1n) is 6.77. The molecule has 0 aromatic heterocycles. The Labute approximate surface area is 114 Å². The van der Waals surface area contributed by atoms with E-state index < -0.39 is 9.84 Å². The van der Waals surface area contributed by atoms with Gasteiger partial charge in [-0.25, -0.2) is 8.42 Å². The predicted octanol–water partition coefficient (Wildman–Crippen LogP) is -0.788. The van der Waals surface area contributed by atoms with Crippen LogP contribution in [0.2, 0.25) is 0 Å². The Morgan fingerprint density at radius 3 is 2.32 bits per heavy atom. The number of carbonyl (C=O) groups is 1. The molecule has 0 aromatic carbocycles. The zero-order chi connectivity index (χ0) is 13.9. The van der Waals surface area contributed by atoms with E-state index in [9.17, 15) is 13.2 Å². The minimum absolute atomic E-state index is 0.0707. The lowest BCUT2D eigenvalue weighted by atomic mass is 10.1. The van der Waals surface area contributed by atoms with Crippen LogP contribution in [0.4, 0.5) is 0 Å². The van der Waals surface area contributed by atoms with Crippen molar-refractivity contribution in [2.24, 2.45) is 5.92 Å². The van der Waals surface area contributed by atoms with Crippen LogP contribution in [0.15, 0.2) is 0 Å². The van der Waals surface area contributed by atoms with E-state index in [1.54, 1.807) is 4.90 Å². The second kappa shape index (κ2) is 6.19. The molecule has 0 spiro atoms. The summed E-state index contributed by atoms with van der Waals surface area (Å²) in [4.78, 5) is 16.2. The predicted molar refractivity (Wildman–Crippen MR) is 71.7 cm³/mol. The second-order valence-corrected chi connectivity index (χ2v) is 7.59. The van der Waals surface area contributed by atoms with E-state index in [1.165, 1.54) is 0 Å². The Hall–Kier alpha value is -0.660. The average molecular weight is 290 g/mol. The van der Waals surface area contributed by atoms with Gasteiger partial charge in [0.05, 0.1) is 24.7 Å². The largest absolute Gasteiger partial charge is 0.379 e. The number of rotatable bonds is 3. The van der Waals surface area contributed by atoms with Gasteiger partial charge in [0.25, 0.3) is 0 Å². The number of ether oxygens (including phenoxy) is 1. The number of hydrogen-bond donors (Lipinski definition) is 0. The van der Waals surface area contributed by atoms with Crippen molar-refractivity contribution in [2.45, 2.75) is 6.92 Å². The highest BCUT2D eigenvalue weighted by Crippen LogP contribution is 2.11. The van der Waals surface area contributed by atoms with E-state index >= 15 is 0 Å². The maximum Gasteiger partial charge on any atom is 0.226 e. The molecule has 19 heavy (non-hydrogen) atoms. The van der Waals surface area contributed by atoms with Crippen LogP contribution in [0.1, 0.15) is 6.92 Å². The van der Waals surface area contributed by atoms with Crippen molar-refractivity contribution < 1.29 is 17.9 Å². The average Bonchev–Trinajstić information content (AvgIpc) is 2.39. The summed E-state index contributed by atoms with van der Waals surface area (Å²) in [6.07, 6.45) is 0. The lowest BCUT2D eigenvalue weighted by molar-refractivity contribution is -0.135. The molecule has 2 aliphatic rings. The van der Waals surface area contributed by atoms with Crippen molar-refractivity contribution in [1.29, 1.82) is 0 Å². The number of sulfone groups is 1. The SMILES string of the molecule is CC(CN1CCOCC1)C(=O)N1CCS(=O)(=O)CC1. The summed E-state index contributed by atoms with van der Waals surface area (Å²) in [7, 11) is -2.92. The van der Waals surface area contributed by atoms with Crippen LogP contribution in [-0.4, -0.2) is 81.6 Å². The molecule has 2 rings (SSSR count). The Kier molecular flexibility index (Phi) is 4.81. The summed E-state index contributed by atoms with van der Waals surface area (Å²) in [6.45, 7) is 6.51. The molecule has 6 nitrogen and oxygen atoms in total. The maximum atomic E-state index is 12.3.